The largest absolute Gasteiger partial charge is 0.489 e. The molecule has 0 aliphatic rings. The predicted molar refractivity (Wildman–Crippen MR) is 124 cm³/mol. The van der Waals surface area contributed by atoms with Gasteiger partial charge in [-0.15, -0.1) is 0 Å². The van der Waals surface area contributed by atoms with Crippen LogP contribution in [0, 0.1) is 0 Å². The predicted octanol–water partition coefficient (Wildman–Crippen LogP) is 5.57. The van der Waals surface area contributed by atoms with E-state index < -0.39 is 0 Å². The van der Waals surface area contributed by atoms with Crippen LogP contribution in [0.5, 0.6) is 5.75 Å². The van der Waals surface area contributed by atoms with Crippen molar-refractivity contribution in [2.24, 2.45) is 5.10 Å². The van der Waals surface area contributed by atoms with Gasteiger partial charge >= 0.3 is 0 Å². The second-order valence-electron chi connectivity index (χ2n) is 6.10. The van der Waals surface area contributed by atoms with Crippen molar-refractivity contribution in [3.63, 3.8) is 0 Å². The summed E-state index contributed by atoms with van der Waals surface area (Å²) in [6.07, 6.45) is 1.69. The van der Waals surface area contributed by atoms with E-state index in [0.717, 1.165) is 16.7 Å². The third-order valence-corrected chi connectivity index (χ3v) is 4.94. The van der Waals surface area contributed by atoms with Crippen LogP contribution < -0.4 is 15.5 Å². The summed E-state index contributed by atoms with van der Waals surface area (Å²) >= 11 is 17.5. The first-order valence-corrected chi connectivity index (χ1v) is 10.0. The Hall–Kier alpha value is -2.60. The first kappa shape index (κ1) is 21.1. The number of hydrazone groups is 1. The van der Waals surface area contributed by atoms with E-state index >= 15 is 0 Å². The minimum atomic E-state index is 0.300. The molecule has 0 radical (unpaired) electrons. The Labute approximate surface area is 185 Å². The number of nitrogens with zero attached hydrogens (tertiary/aromatic N) is 1. The normalized spacial score (nSPS) is 10.7. The third kappa shape index (κ3) is 6.75. The van der Waals surface area contributed by atoms with Gasteiger partial charge in [-0.05, 0) is 59.7 Å². The maximum absolute atomic E-state index is 6.16. The van der Waals surface area contributed by atoms with Gasteiger partial charge in [-0.2, -0.15) is 5.10 Å². The molecule has 2 N–H and O–H groups in total. The summed E-state index contributed by atoms with van der Waals surface area (Å²) in [5, 5.41) is 8.88. The number of hydrogen-bond acceptors (Lipinski definition) is 3. The van der Waals surface area contributed by atoms with Crippen LogP contribution in [0.3, 0.4) is 0 Å². The van der Waals surface area contributed by atoms with Crippen molar-refractivity contribution in [3.8, 4) is 5.75 Å². The van der Waals surface area contributed by atoms with E-state index in [4.69, 9.17) is 40.2 Å². The summed E-state index contributed by atoms with van der Waals surface area (Å²) in [6, 6.07) is 22.9. The molecule has 148 valence electrons. The zero-order valence-electron chi connectivity index (χ0n) is 15.4. The molecule has 0 heterocycles. The Kier molecular flexibility index (Phi) is 7.87. The van der Waals surface area contributed by atoms with Crippen molar-refractivity contribution in [2.75, 3.05) is 0 Å². The molecule has 0 unspecified atom stereocenters. The highest BCUT2D eigenvalue weighted by molar-refractivity contribution is 7.80. The molecule has 0 bridgehead atoms. The Balaban J connectivity index is 1.45. The molecular formula is C22H19Cl2N3OS. The van der Waals surface area contributed by atoms with Crippen molar-refractivity contribution >= 4 is 46.7 Å². The van der Waals surface area contributed by atoms with E-state index in [2.05, 4.69) is 15.8 Å². The van der Waals surface area contributed by atoms with E-state index in [1.165, 1.54) is 0 Å². The fourth-order valence-electron chi connectivity index (χ4n) is 2.46. The van der Waals surface area contributed by atoms with Crippen LogP contribution in [0.2, 0.25) is 10.0 Å². The summed E-state index contributed by atoms with van der Waals surface area (Å²) < 4.78 is 5.77. The topological polar surface area (TPSA) is 45.7 Å². The second-order valence-corrected chi connectivity index (χ2v) is 7.32. The standard InChI is InChI=1S/C22H19Cl2N3OS/c23-20-7-4-8-21(24)19(20)15-28-18-11-9-17(10-12-18)14-26-27-22(29)25-13-16-5-2-1-3-6-16/h1-12,14H,13,15H2,(H2,25,27,29)/b26-14+. The van der Waals surface area contributed by atoms with Crippen LogP contribution in [0.25, 0.3) is 0 Å². The first-order valence-electron chi connectivity index (χ1n) is 8.88. The number of ether oxygens (including phenoxy) is 1. The van der Waals surface area contributed by atoms with Gasteiger partial charge in [0, 0.05) is 22.2 Å². The van der Waals surface area contributed by atoms with Crippen LogP contribution in [0.15, 0.2) is 77.9 Å². The number of thiocarbonyl (C=S) groups is 1. The van der Waals surface area contributed by atoms with Crippen molar-refractivity contribution in [2.45, 2.75) is 13.2 Å². The molecule has 0 aliphatic carbocycles. The lowest BCUT2D eigenvalue weighted by Crippen LogP contribution is -2.31. The number of nitrogens with one attached hydrogen (secondary N) is 2. The van der Waals surface area contributed by atoms with Gasteiger partial charge in [0.05, 0.1) is 6.21 Å². The molecule has 7 heteroatoms. The molecule has 0 atom stereocenters. The van der Waals surface area contributed by atoms with E-state index in [1.807, 2.05) is 54.6 Å². The highest BCUT2D eigenvalue weighted by Crippen LogP contribution is 2.25. The monoisotopic (exact) mass is 443 g/mol. The molecule has 0 saturated heterocycles. The minimum Gasteiger partial charge on any atom is -0.489 e. The smallest absolute Gasteiger partial charge is 0.187 e. The molecule has 3 aromatic carbocycles. The van der Waals surface area contributed by atoms with E-state index in [0.29, 0.717) is 34.1 Å². The average Bonchev–Trinajstić information content (AvgIpc) is 2.74. The number of rotatable bonds is 7. The van der Waals surface area contributed by atoms with Crippen molar-refractivity contribution in [3.05, 3.63) is 99.5 Å². The quantitative estimate of drug-likeness (QED) is 0.284. The molecule has 3 aromatic rings. The van der Waals surface area contributed by atoms with Crippen LogP contribution in [-0.4, -0.2) is 11.3 Å². The van der Waals surface area contributed by atoms with Crippen molar-refractivity contribution < 1.29 is 4.74 Å². The highest BCUT2D eigenvalue weighted by atomic mass is 35.5. The summed E-state index contributed by atoms with van der Waals surface area (Å²) in [7, 11) is 0. The molecule has 4 nitrogen and oxygen atoms in total. The summed E-state index contributed by atoms with van der Waals surface area (Å²) in [5.41, 5.74) is 5.63. The minimum absolute atomic E-state index is 0.300. The van der Waals surface area contributed by atoms with Gasteiger partial charge in [0.2, 0.25) is 0 Å². The lowest BCUT2D eigenvalue weighted by Gasteiger charge is -2.09. The van der Waals surface area contributed by atoms with Gasteiger partial charge in [-0.1, -0.05) is 59.6 Å². The Bertz CT molecular complexity index is 959. The van der Waals surface area contributed by atoms with Gasteiger partial charge in [-0.25, -0.2) is 0 Å². The van der Waals surface area contributed by atoms with Crippen LogP contribution in [0.4, 0.5) is 0 Å². The summed E-state index contributed by atoms with van der Waals surface area (Å²) in [5.74, 6) is 0.714. The van der Waals surface area contributed by atoms with Crippen LogP contribution in [-0.2, 0) is 13.2 Å². The van der Waals surface area contributed by atoms with Crippen molar-refractivity contribution in [1.82, 2.24) is 10.7 Å². The number of halogens is 2. The summed E-state index contributed by atoms with van der Waals surface area (Å²) in [4.78, 5) is 0. The Morgan fingerprint density at radius 3 is 2.31 bits per heavy atom. The maximum atomic E-state index is 6.16. The zero-order chi connectivity index (χ0) is 20.5. The first-order chi connectivity index (χ1) is 14.1. The molecule has 0 aromatic heterocycles. The van der Waals surface area contributed by atoms with Crippen LogP contribution in [0.1, 0.15) is 16.7 Å². The molecule has 0 amide bonds. The average molecular weight is 444 g/mol. The molecule has 3 rings (SSSR count). The Morgan fingerprint density at radius 2 is 1.62 bits per heavy atom. The van der Waals surface area contributed by atoms with Gasteiger partial charge in [0.15, 0.2) is 5.11 Å². The summed E-state index contributed by atoms with van der Waals surface area (Å²) in [6.45, 7) is 0.943. The molecular weight excluding hydrogens is 425 g/mol. The van der Waals surface area contributed by atoms with Crippen LogP contribution >= 0.6 is 35.4 Å². The molecule has 0 saturated carbocycles. The maximum Gasteiger partial charge on any atom is 0.187 e. The molecule has 0 aliphatic heterocycles. The van der Waals surface area contributed by atoms with Gasteiger partial charge in [0.1, 0.15) is 12.4 Å². The Morgan fingerprint density at radius 1 is 0.931 bits per heavy atom. The zero-order valence-corrected chi connectivity index (χ0v) is 17.8. The lowest BCUT2D eigenvalue weighted by atomic mass is 10.2. The molecule has 0 fully saturated rings. The fourth-order valence-corrected chi connectivity index (χ4v) is 3.09. The van der Waals surface area contributed by atoms with Crippen molar-refractivity contribution in [1.29, 1.82) is 0 Å². The fraction of sp³-hybridized carbons (Fsp3) is 0.0909. The van der Waals surface area contributed by atoms with E-state index in [1.54, 1.807) is 24.4 Å². The number of hydrogen-bond donors (Lipinski definition) is 2. The third-order valence-electron chi connectivity index (χ3n) is 4.00. The van der Waals surface area contributed by atoms with E-state index in [9.17, 15) is 0 Å². The van der Waals surface area contributed by atoms with E-state index in [-0.39, 0.29) is 0 Å². The van der Waals surface area contributed by atoms with Gasteiger partial charge in [-0.3, -0.25) is 5.43 Å². The van der Waals surface area contributed by atoms with Gasteiger partial charge < -0.3 is 10.1 Å². The molecule has 0 spiro atoms. The SMILES string of the molecule is S=C(NCc1ccccc1)N/N=C/c1ccc(OCc2c(Cl)cccc2Cl)cc1. The lowest BCUT2D eigenvalue weighted by molar-refractivity contribution is 0.306. The number of benzene rings is 3. The van der Waals surface area contributed by atoms with Gasteiger partial charge in [0.25, 0.3) is 0 Å². The second kappa shape index (κ2) is 10.8. The molecule has 29 heavy (non-hydrogen) atoms. The highest BCUT2D eigenvalue weighted by Gasteiger charge is 2.06.